The van der Waals surface area contributed by atoms with Crippen molar-refractivity contribution in [1.29, 1.82) is 0 Å². The number of morpholine rings is 1. The first-order valence-electron chi connectivity index (χ1n) is 8.16. The van der Waals surface area contributed by atoms with Crippen molar-refractivity contribution in [3.8, 4) is 0 Å². The fourth-order valence-electron chi connectivity index (χ4n) is 2.74. The molecule has 2 rings (SSSR count). The number of rotatable bonds is 7. The van der Waals surface area contributed by atoms with Crippen LogP contribution in [0.4, 0.5) is 0 Å². The molecule has 0 radical (unpaired) electrons. The molecule has 1 heterocycles. The summed E-state index contributed by atoms with van der Waals surface area (Å²) >= 11 is 0. The Hall–Kier alpha value is -1.93. The maximum Gasteiger partial charge on any atom is 0.307 e. The van der Waals surface area contributed by atoms with Gasteiger partial charge in [-0.15, -0.1) is 0 Å². The van der Waals surface area contributed by atoms with Gasteiger partial charge in [0.1, 0.15) is 5.25 Å². The predicted molar refractivity (Wildman–Crippen MR) is 91.9 cm³/mol. The van der Waals surface area contributed by atoms with Crippen molar-refractivity contribution in [2.45, 2.75) is 18.6 Å². The van der Waals surface area contributed by atoms with E-state index in [1.54, 1.807) is 30.3 Å². The second-order valence-corrected chi connectivity index (χ2v) is 8.50. The van der Waals surface area contributed by atoms with Gasteiger partial charge in [-0.3, -0.25) is 9.59 Å². The Morgan fingerprint density at radius 1 is 1.20 bits per heavy atom. The summed E-state index contributed by atoms with van der Waals surface area (Å²) in [6, 6.07) is 8.86. The van der Waals surface area contributed by atoms with E-state index < -0.39 is 38.6 Å². The van der Waals surface area contributed by atoms with Crippen LogP contribution in [0.1, 0.15) is 12.5 Å². The van der Waals surface area contributed by atoms with E-state index >= 15 is 0 Å². The first kappa shape index (κ1) is 19.4. The van der Waals surface area contributed by atoms with E-state index in [4.69, 9.17) is 4.74 Å². The van der Waals surface area contributed by atoms with Crippen LogP contribution in [0, 0.1) is 5.92 Å². The molecule has 1 aromatic carbocycles. The Kier molecular flexibility index (Phi) is 6.55. The van der Waals surface area contributed by atoms with E-state index in [0.29, 0.717) is 26.3 Å². The number of sulfone groups is 1. The molecule has 1 aromatic rings. The minimum Gasteiger partial charge on any atom is -0.481 e. The molecule has 138 valence electrons. The second kappa shape index (κ2) is 8.44. The summed E-state index contributed by atoms with van der Waals surface area (Å²) in [5, 5.41) is 8.13. The zero-order valence-electron chi connectivity index (χ0n) is 14.1. The quantitative estimate of drug-likeness (QED) is 0.755. The van der Waals surface area contributed by atoms with Crippen molar-refractivity contribution in [1.82, 2.24) is 4.90 Å². The van der Waals surface area contributed by atoms with E-state index in [-0.39, 0.29) is 6.42 Å². The molecule has 1 amide bonds. The Morgan fingerprint density at radius 2 is 1.80 bits per heavy atom. The van der Waals surface area contributed by atoms with Crippen molar-refractivity contribution in [3.05, 3.63) is 35.9 Å². The van der Waals surface area contributed by atoms with Gasteiger partial charge in [0.2, 0.25) is 5.91 Å². The lowest BCUT2D eigenvalue weighted by atomic mass is 10.0. The summed E-state index contributed by atoms with van der Waals surface area (Å²) in [6.45, 7) is 2.79. The monoisotopic (exact) mass is 369 g/mol. The van der Waals surface area contributed by atoms with Gasteiger partial charge in [0.15, 0.2) is 9.84 Å². The maximum absolute atomic E-state index is 12.6. The summed E-state index contributed by atoms with van der Waals surface area (Å²) in [5.41, 5.74) is 0.747. The molecule has 0 spiro atoms. The molecule has 1 aliphatic heterocycles. The van der Waals surface area contributed by atoms with Gasteiger partial charge in [0, 0.05) is 13.1 Å². The van der Waals surface area contributed by atoms with Crippen LogP contribution in [0.3, 0.4) is 0 Å². The smallest absolute Gasteiger partial charge is 0.307 e. The first-order chi connectivity index (χ1) is 11.8. The van der Waals surface area contributed by atoms with E-state index in [1.165, 1.54) is 11.8 Å². The van der Waals surface area contributed by atoms with Crippen LogP contribution in [0.15, 0.2) is 30.3 Å². The molecule has 0 aliphatic carbocycles. The number of benzene rings is 1. The SMILES string of the molecule is CC(C(=O)N1CCOCC1)S(=O)(=O)CC(Cc1ccccc1)C(=O)O. The summed E-state index contributed by atoms with van der Waals surface area (Å²) in [5.74, 6) is -3.33. The Bertz CT molecular complexity index is 697. The van der Waals surface area contributed by atoms with Crippen LogP contribution >= 0.6 is 0 Å². The highest BCUT2D eigenvalue weighted by molar-refractivity contribution is 7.92. The Morgan fingerprint density at radius 3 is 2.36 bits per heavy atom. The number of carboxylic acids is 1. The molecule has 1 fully saturated rings. The van der Waals surface area contributed by atoms with Crippen LogP contribution in [-0.2, 0) is 30.6 Å². The molecule has 2 unspecified atom stereocenters. The number of hydrogen-bond donors (Lipinski definition) is 1. The maximum atomic E-state index is 12.6. The molecule has 0 saturated carbocycles. The standard InChI is InChI=1S/C17H23NO6S/c1-13(16(19)18-7-9-24-10-8-18)25(22,23)12-15(17(20)21)11-14-5-3-2-4-6-14/h2-6,13,15H,7-12H2,1H3,(H,20,21). The summed E-state index contributed by atoms with van der Waals surface area (Å²) in [6.07, 6.45) is 0.105. The van der Waals surface area contributed by atoms with Crippen molar-refractivity contribution < 1.29 is 27.9 Å². The van der Waals surface area contributed by atoms with Crippen molar-refractivity contribution in [3.63, 3.8) is 0 Å². The van der Waals surface area contributed by atoms with Gasteiger partial charge in [-0.25, -0.2) is 8.42 Å². The molecular weight excluding hydrogens is 346 g/mol. The summed E-state index contributed by atoms with van der Waals surface area (Å²) < 4.78 is 30.3. The molecule has 1 aliphatic rings. The molecule has 0 aromatic heterocycles. The van der Waals surface area contributed by atoms with E-state index in [0.717, 1.165) is 5.56 Å². The molecule has 7 nitrogen and oxygen atoms in total. The van der Waals surface area contributed by atoms with E-state index in [9.17, 15) is 23.1 Å². The van der Waals surface area contributed by atoms with Gasteiger partial charge in [0.05, 0.1) is 24.9 Å². The van der Waals surface area contributed by atoms with Crippen LogP contribution in [0.2, 0.25) is 0 Å². The van der Waals surface area contributed by atoms with Crippen molar-refractivity contribution in [2.75, 3.05) is 32.1 Å². The molecule has 0 bridgehead atoms. The van der Waals surface area contributed by atoms with E-state index in [2.05, 4.69) is 0 Å². The fourth-order valence-corrected chi connectivity index (χ4v) is 4.30. The number of hydrogen-bond acceptors (Lipinski definition) is 5. The van der Waals surface area contributed by atoms with Gasteiger partial charge in [-0.1, -0.05) is 30.3 Å². The lowest BCUT2D eigenvalue weighted by Gasteiger charge is -2.29. The number of nitrogens with zero attached hydrogens (tertiary/aromatic N) is 1. The fraction of sp³-hybridized carbons (Fsp3) is 0.529. The zero-order chi connectivity index (χ0) is 18.4. The molecule has 1 saturated heterocycles. The lowest BCUT2D eigenvalue weighted by Crippen LogP contribution is -2.48. The average Bonchev–Trinajstić information content (AvgIpc) is 2.61. The number of aliphatic carboxylic acids is 1. The van der Waals surface area contributed by atoms with Crippen LogP contribution < -0.4 is 0 Å². The highest BCUT2D eigenvalue weighted by atomic mass is 32.2. The number of carbonyl (C=O) groups is 2. The van der Waals surface area contributed by atoms with Crippen molar-refractivity contribution >= 4 is 21.7 Å². The van der Waals surface area contributed by atoms with Crippen molar-refractivity contribution in [2.24, 2.45) is 5.92 Å². The van der Waals surface area contributed by atoms with Gasteiger partial charge in [0.25, 0.3) is 0 Å². The van der Waals surface area contributed by atoms with Crippen LogP contribution in [0.5, 0.6) is 0 Å². The van der Waals surface area contributed by atoms with Gasteiger partial charge < -0.3 is 14.7 Å². The number of amides is 1. The minimum atomic E-state index is -3.89. The molecular formula is C17H23NO6S. The van der Waals surface area contributed by atoms with Gasteiger partial charge in [-0.05, 0) is 18.9 Å². The number of carbonyl (C=O) groups excluding carboxylic acids is 1. The third-order valence-electron chi connectivity index (χ3n) is 4.32. The highest BCUT2D eigenvalue weighted by Gasteiger charge is 2.35. The first-order valence-corrected chi connectivity index (χ1v) is 9.87. The summed E-state index contributed by atoms with van der Waals surface area (Å²) in [4.78, 5) is 25.4. The molecule has 8 heteroatoms. The van der Waals surface area contributed by atoms with Crippen LogP contribution in [-0.4, -0.2) is 67.6 Å². The second-order valence-electron chi connectivity index (χ2n) is 6.13. The topological polar surface area (TPSA) is 101 Å². The third-order valence-corrected chi connectivity index (χ3v) is 6.46. The predicted octanol–water partition coefficient (Wildman–Crippen LogP) is 0.592. The highest BCUT2D eigenvalue weighted by Crippen LogP contribution is 2.16. The lowest BCUT2D eigenvalue weighted by molar-refractivity contribution is -0.141. The zero-order valence-corrected chi connectivity index (χ0v) is 14.9. The Labute approximate surface area is 147 Å². The van der Waals surface area contributed by atoms with E-state index in [1.807, 2.05) is 0 Å². The minimum absolute atomic E-state index is 0.105. The average molecular weight is 369 g/mol. The third kappa shape index (κ3) is 5.27. The molecule has 1 N–H and O–H groups in total. The summed E-state index contributed by atoms with van der Waals surface area (Å²) in [7, 11) is -3.89. The van der Waals surface area contributed by atoms with Gasteiger partial charge in [-0.2, -0.15) is 0 Å². The normalized spacial score (nSPS) is 17.7. The van der Waals surface area contributed by atoms with Crippen LogP contribution in [0.25, 0.3) is 0 Å². The molecule has 25 heavy (non-hydrogen) atoms. The van der Waals surface area contributed by atoms with Gasteiger partial charge >= 0.3 is 5.97 Å². The number of carboxylic acid groups (broad SMARTS) is 1. The number of ether oxygens (including phenoxy) is 1. The largest absolute Gasteiger partial charge is 0.481 e. The molecule has 2 atom stereocenters. The Balaban J connectivity index is 2.08.